The quantitative estimate of drug-likeness (QED) is 0.0177. The number of aromatic nitrogens is 1. The number of thioether (sulfide) groups is 2. The van der Waals surface area contributed by atoms with Crippen LogP contribution >= 0.6 is 46.5 Å². The number of thiazole rings is 1. The zero-order valence-corrected chi connectivity index (χ0v) is 56.9. The Kier molecular flexibility index (Phi) is 22.4. The van der Waals surface area contributed by atoms with Crippen LogP contribution in [0, 0.1) is 0 Å². The lowest BCUT2D eigenvalue weighted by atomic mass is 10.0. The van der Waals surface area contributed by atoms with Crippen molar-refractivity contribution in [3.63, 3.8) is 0 Å². The number of fused-ring (bicyclic) bond motifs is 1. The van der Waals surface area contributed by atoms with E-state index in [1.807, 2.05) is 97.1 Å². The van der Waals surface area contributed by atoms with Crippen LogP contribution < -0.4 is 30.0 Å². The second-order valence-corrected chi connectivity index (χ2v) is 28.6. The second-order valence-electron chi connectivity index (χ2n) is 24.2. The third-order valence-electron chi connectivity index (χ3n) is 14.4. The minimum absolute atomic E-state index is 0.00108. The lowest BCUT2D eigenvalue weighted by molar-refractivity contribution is -0.179. The van der Waals surface area contributed by atoms with Crippen molar-refractivity contribution in [2.45, 2.75) is 107 Å². The van der Waals surface area contributed by atoms with Crippen LogP contribution in [-0.4, -0.2) is 159 Å². The standard InChI is InChI=1S/C67H75ClN8O15S3/c1-64(2,3)89-60(80)66(7,8)91-73-52(48-39-92-62(69)70-48)56(77)71-53-58(79)76-40-67(94-59(53)76,61(81)88-54(43-17-13-11-14-18-43)44-19-15-12-16-20-44)93-36-33-75(63(82)90-65(4,5)6)57(78)51(72-74-31-34-85-35-32-74)47-29-30-49(86-37-41-21-25-45(83-9)26-22-41)55(50(47)68)87-38-42-23-27-46(84-10)28-24-42/h11-30,39,53-54,59H,31-38,40H2,1-10H3,(H2,69,70)(H,71,77)/b72-51-,73-52-/t53-,59-,67-/m1/s1. The predicted octanol–water partition coefficient (Wildman–Crippen LogP) is 10.1. The summed E-state index contributed by atoms with van der Waals surface area (Å²) in [5.41, 5.74) is 4.62. The zero-order valence-electron chi connectivity index (χ0n) is 53.7. The first-order chi connectivity index (χ1) is 44.7. The molecule has 3 N–H and O–H groups in total. The number of nitrogens with two attached hydrogens (primary N) is 1. The Morgan fingerprint density at radius 3 is 1.94 bits per heavy atom. The van der Waals surface area contributed by atoms with Gasteiger partial charge in [-0.05, 0) is 114 Å². The monoisotopic (exact) mass is 1360 g/mol. The van der Waals surface area contributed by atoms with Gasteiger partial charge in [0.2, 0.25) is 11.5 Å². The smallest absolute Gasteiger partial charge is 0.417 e. The average molecular weight is 1360 g/mol. The lowest BCUT2D eigenvalue weighted by Crippen LogP contribution is -2.68. The number of rotatable bonds is 25. The number of nitrogens with one attached hydrogen (secondary N) is 1. The summed E-state index contributed by atoms with van der Waals surface area (Å²) in [5.74, 6) is -2.42. The summed E-state index contributed by atoms with van der Waals surface area (Å²) in [4.78, 5) is 101. The highest BCUT2D eigenvalue weighted by atomic mass is 35.5. The maximum absolute atomic E-state index is 15.8. The van der Waals surface area contributed by atoms with Gasteiger partial charge in [0.25, 0.3) is 11.8 Å². The molecule has 23 nitrogen and oxygen atoms in total. The van der Waals surface area contributed by atoms with E-state index in [0.29, 0.717) is 22.6 Å². The molecule has 4 heterocycles. The molecule has 498 valence electrons. The van der Waals surface area contributed by atoms with Crippen LogP contribution in [0.1, 0.15) is 95.0 Å². The minimum Gasteiger partial charge on any atom is -0.497 e. The molecule has 0 bridgehead atoms. The fraction of sp³-hybridized carbons (Fsp3) is 0.388. The largest absolute Gasteiger partial charge is 0.497 e. The molecule has 94 heavy (non-hydrogen) atoms. The highest BCUT2D eigenvalue weighted by molar-refractivity contribution is 8.20. The number of nitrogens with zero attached hydrogens (tertiary/aromatic N) is 6. The second kappa shape index (κ2) is 30.2. The van der Waals surface area contributed by atoms with Gasteiger partial charge in [0.15, 0.2) is 38.2 Å². The number of morpholine rings is 1. The first-order valence-corrected chi connectivity index (χ1v) is 33.1. The van der Waals surface area contributed by atoms with Gasteiger partial charge >= 0.3 is 18.0 Å². The molecule has 5 aromatic carbocycles. The van der Waals surface area contributed by atoms with Gasteiger partial charge in [0.1, 0.15) is 53.0 Å². The molecule has 0 unspecified atom stereocenters. The fourth-order valence-electron chi connectivity index (χ4n) is 9.61. The van der Waals surface area contributed by atoms with Crippen molar-refractivity contribution in [1.29, 1.82) is 0 Å². The van der Waals surface area contributed by atoms with E-state index in [2.05, 4.69) is 15.5 Å². The molecular weight excluding hydrogens is 1290 g/mol. The van der Waals surface area contributed by atoms with Gasteiger partial charge < -0.3 is 58.7 Å². The zero-order chi connectivity index (χ0) is 67.5. The first-order valence-electron chi connectivity index (χ1n) is 30.0. The van der Waals surface area contributed by atoms with Crippen LogP contribution in [0.4, 0.5) is 9.93 Å². The highest BCUT2D eigenvalue weighted by Crippen LogP contribution is 2.54. The first kappa shape index (κ1) is 69.8. The number of esters is 2. The highest BCUT2D eigenvalue weighted by Gasteiger charge is 2.63. The number of anilines is 1. The van der Waals surface area contributed by atoms with Crippen molar-refractivity contribution >= 4 is 98.8 Å². The maximum atomic E-state index is 15.8. The van der Waals surface area contributed by atoms with Gasteiger partial charge in [-0.2, -0.15) is 5.10 Å². The molecule has 0 aliphatic carbocycles. The molecule has 1 aromatic heterocycles. The summed E-state index contributed by atoms with van der Waals surface area (Å²) >= 11 is 10.6. The van der Waals surface area contributed by atoms with E-state index in [9.17, 15) is 19.2 Å². The van der Waals surface area contributed by atoms with Crippen molar-refractivity contribution in [3.8, 4) is 23.0 Å². The van der Waals surface area contributed by atoms with E-state index in [0.717, 1.165) is 50.9 Å². The summed E-state index contributed by atoms with van der Waals surface area (Å²) < 4.78 is 45.7. The number of hydrogen-bond donors (Lipinski definition) is 2. The minimum atomic E-state index is -1.69. The number of amides is 4. The number of imide groups is 1. The summed E-state index contributed by atoms with van der Waals surface area (Å²) in [6, 6.07) is 34.8. The lowest BCUT2D eigenvalue weighted by Gasteiger charge is -2.41. The van der Waals surface area contributed by atoms with Crippen LogP contribution in [0.25, 0.3) is 0 Å². The molecule has 3 saturated heterocycles. The van der Waals surface area contributed by atoms with Gasteiger partial charge in [-0.3, -0.25) is 19.4 Å². The molecule has 27 heteroatoms. The van der Waals surface area contributed by atoms with Crippen molar-refractivity contribution in [2.24, 2.45) is 10.3 Å². The summed E-state index contributed by atoms with van der Waals surface area (Å²) in [6.45, 7) is 13.5. The van der Waals surface area contributed by atoms with Crippen molar-refractivity contribution < 1.29 is 71.5 Å². The average Bonchev–Trinajstić information content (AvgIpc) is 1.90. The fourth-order valence-corrected chi connectivity index (χ4v) is 13.7. The molecule has 9 rings (SSSR count). The molecule has 3 aliphatic heterocycles. The molecule has 6 aromatic rings. The number of oxime groups is 1. The Balaban J connectivity index is 1.05. The third-order valence-corrected chi connectivity index (χ3v) is 18.7. The van der Waals surface area contributed by atoms with Gasteiger partial charge in [-0.1, -0.05) is 102 Å². The van der Waals surface area contributed by atoms with Crippen molar-refractivity contribution in [3.05, 3.63) is 165 Å². The molecule has 0 saturated carbocycles. The van der Waals surface area contributed by atoms with E-state index < -0.39 is 86.4 Å². The topological polar surface area (TPSA) is 271 Å². The summed E-state index contributed by atoms with van der Waals surface area (Å²) in [5, 5.41) is 14.0. The SMILES string of the molecule is COc1ccc(COc2ccc(/C(=N/N3CCOCC3)C(=O)N(CCS[C@]3(C(=O)OC(c4ccccc4)c4ccccc4)CN4C(=O)[C@@H](NC(=O)/C(=N\OC(C)(C)C(=O)OC(C)(C)C)c5csc(N)n5)[C@H]4S3)C(=O)OC(C)(C)C)c(Cl)c2OCc2ccc(OC)cc2)cc1. The van der Waals surface area contributed by atoms with Crippen molar-refractivity contribution in [2.75, 3.05) is 65.1 Å². The summed E-state index contributed by atoms with van der Waals surface area (Å²) in [7, 11) is 3.14. The molecule has 0 radical (unpaired) electrons. The third kappa shape index (κ3) is 17.4. The van der Waals surface area contributed by atoms with E-state index in [-0.39, 0.29) is 90.4 Å². The number of benzene rings is 5. The molecule has 3 fully saturated rings. The van der Waals surface area contributed by atoms with Crippen LogP contribution in [-0.2, 0) is 61.0 Å². The number of carbonyl (C=O) groups is 6. The van der Waals surface area contributed by atoms with E-state index in [1.165, 1.54) is 24.1 Å². The number of ether oxygens (including phenoxy) is 8. The number of carbonyl (C=O) groups excluding carboxylic acids is 6. The Labute approximate surface area is 562 Å². The van der Waals surface area contributed by atoms with E-state index >= 15 is 9.59 Å². The summed E-state index contributed by atoms with van der Waals surface area (Å²) in [6.07, 6.45) is -1.97. The van der Waals surface area contributed by atoms with Gasteiger partial charge in [-0.15, -0.1) is 34.9 Å². The Morgan fingerprint density at radius 1 is 0.798 bits per heavy atom. The number of hydrogen-bond acceptors (Lipinski definition) is 23. The normalized spacial score (nSPS) is 17.5. The number of hydrazone groups is 1. The van der Waals surface area contributed by atoms with E-state index in [4.69, 9.17) is 65.2 Å². The molecular formula is C67H75ClN8O15S3. The Hall–Kier alpha value is -8.56. The molecule has 0 spiro atoms. The van der Waals surface area contributed by atoms with Gasteiger partial charge in [0.05, 0.1) is 52.1 Å². The van der Waals surface area contributed by atoms with Crippen LogP contribution in [0.5, 0.6) is 23.0 Å². The Bertz CT molecular complexity index is 3710. The molecule has 3 aliphatic rings. The molecule has 4 amide bonds. The van der Waals surface area contributed by atoms with Gasteiger partial charge in [0, 0.05) is 23.2 Å². The molecule has 3 atom stereocenters. The number of methoxy groups -OCH3 is 2. The van der Waals surface area contributed by atoms with E-state index in [1.54, 1.807) is 85.0 Å². The van der Waals surface area contributed by atoms with Crippen LogP contribution in [0.2, 0.25) is 5.02 Å². The number of halogens is 1. The number of nitrogen functional groups attached to an aromatic ring is 1. The maximum Gasteiger partial charge on any atom is 0.417 e. The van der Waals surface area contributed by atoms with Gasteiger partial charge in [-0.25, -0.2) is 24.3 Å². The number of β-lactam (4-membered cyclic amide) rings is 1. The van der Waals surface area contributed by atoms with Crippen LogP contribution in [0.15, 0.2) is 137 Å². The van der Waals surface area contributed by atoms with Crippen molar-refractivity contribution in [1.82, 2.24) is 25.1 Å². The van der Waals surface area contributed by atoms with Crippen LogP contribution in [0.3, 0.4) is 0 Å². The Morgan fingerprint density at radius 2 is 1.38 bits per heavy atom. The predicted molar refractivity (Wildman–Crippen MR) is 358 cm³/mol.